The number of hydrogen-bond acceptors (Lipinski definition) is 16. The SMILES string of the molecule is [C-]#[N+]CCOP(=O)(OC[C@H]1O[C@@H](n2cnc3c(=O)[nH]c(NC(=O)C(C)C)nc32)[C@H](OC(=O)O)[C@@H]1F)O[C@H]1[C@H](F)[C@H](n2cnc3c(NC(=O)c4ccccc4)ncnc32)O[C@@H]1CC. The molecule has 23 nitrogen and oxygen atoms in total. The summed E-state index contributed by atoms with van der Waals surface area (Å²) < 4.78 is 82.6. The van der Waals surface area contributed by atoms with E-state index in [9.17, 15) is 28.8 Å². The summed E-state index contributed by atoms with van der Waals surface area (Å²) in [5, 5.41) is 14.6. The number of imidazole rings is 2. The molecule has 6 heterocycles. The minimum absolute atomic E-state index is 0.0338. The molecule has 2 aliphatic heterocycles. The number of anilines is 2. The number of H-pyrrole nitrogens is 1. The molecule has 0 bridgehead atoms. The van der Waals surface area contributed by atoms with Gasteiger partial charge in [0.1, 0.15) is 25.1 Å². The highest BCUT2D eigenvalue weighted by molar-refractivity contribution is 7.48. The maximum absolute atomic E-state index is 16.6. The number of nitrogens with one attached hydrogen (secondary N) is 3. The van der Waals surface area contributed by atoms with Gasteiger partial charge in [0.15, 0.2) is 59.0 Å². The Morgan fingerprint density at radius 1 is 0.968 bits per heavy atom. The van der Waals surface area contributed by atoms with E-state index in [1.807, 2.05) is 0 Å². The molecule has 2 amide bonds. The molecule has 0 aliphatic carbocycles. The zero-order valence-electron chi connectivity index (χ0n) is 32.9. The van der Waals surface area contributed by atoms with Crippen LogP contribution in [0.4, 0.5) is 25.3 Å². The highest BCUT2D eigenvalue weighted by atomic mass is 31.2. The van der Waals surface area contributed by atoms with Crippen LogP contribution in [0.15, 0.2) is 54.1 Å². The molecule has 4 aromatic heterocycles. The minimum atomic E-state index is -4.95. The molecule has 1 unspecified atom stereocenters. The van der Waals surface area contributed by atoms with Crippen molar-refractivity contribution >= 4 is 59.9 Å². The molecule has 7 rings (SSSR count). The second-order valence-corrected chi connectivity index (χ2v) is 15.7. The second-order valence-electron chi connectivity index (χ2n) is 14.1. The van der Waals surface area contributed by atoms with Crippen molar-refractivity contribution in [2.75, 3.05) is 30.4 Å². The van der Waals surface area contributed by atoms with Gasteiger partial charge in [-0.15, -0.1) is 0 Å². The van der Waals surface area contributed by atoms with E-state index in [1.165, 1.54) is 10.9 Å². The molecule has 1 aromatic carbocycles. The Labute approximate surface area is 348 Å². The van der Waals surface area contributed by atoms with Gasteiger partial charge in [-0.25, -0.2) is 44.6 Å². The number of ether oxygens (including phenoxy) is 3. The standard InChI is InChI=1S/C36H38F2N11O12P/c1-5-19-25(22(38)33(58-19)48-15-42-23-27(40-14-41-28(23)48)44-31(51)18-9-7-6-8-10-18)61-62(55,56-12-11-39-4)57-13-20-21(37)26(60-36(53)54)34(59-20)49-16-43-24-29(49)45-35(47-32(24)52)46-30(50)17(2)3/h6-10,14-17,19-22,25-26,33-34H,5,11-13H2,1-3H3,(H,53,54)(H,40,41,44,51)(H2,45,46,47,50,52)/t19-,20-,21-,22+,25-,26-,33-,34-,62?/m1/s1. The smallest absolute Gasteiger partial charge is 0.450 e. The van der Waals surface area contributed by atoms with Crippen molar-refractivity contribution in [2.45, 2.75) is 76.4 Å². The number of aromatic nitrogens is 8. The van der Waals surface area contributed by atoms with Crippen LogP contribution in [-0.4, -0.2) is 119 Å². The number of phosphoric acid groups is 1. The van der Waals surface area contributed by atoms with Gasteiger partial charge in [0.2, 0.25) is 18.4 Å². The number of carbonyl (C=O) groups excluding carboxylic acids is 2. The highest BCUT2D eigenvalue weighted by Crippen LogP contribution is 2.54. The Balaban J connectivity index is 1.11. The number of alkyl halides is 2. The third-order valence-electron chi connectivity index (χ3n) is 9.64. The maximum Gasteiger partial charge on any atom is 0.506 e. The van der Waals surface area contributed by atoms with E-state index in [1.54, 1.807) is 51.1 Å². The van der Waals surface area contributed by atoms with Crippen molar-refractivity contribution in [1.82, 2.24) is 39.0 Å². The van der Waals surface area contributed by atoms with Gasteiger partial charge in [-0.2, -0.15) is 4.98 Å². The van der Waals surface area contributed by atoms with Gasteiger partial charge < -0.3 is 29.5 Å². The third-order valence-corrected chi connectivity index (χ3v) is 11.1. The molecule has 0 saturated carbocycles. The molecule has 62 heavy (non-hydrogen) atoms. The number of nitrogens with zero attached hydrogens (tertiary/aromatic N) is 8. The van der Waals surface area contributed by atoms with Gasteiger partial charge in [-0.1, -0.05) is 39.0 Å². The Bertz CT molecular complexity index is 2610. The predicted octanol–water partition coefficient (Wildman–Crippen LogP) is 4.20. The van der Waals surface area contributed by atoms with Crippen LogP contribution in [0.2, 0.25) is 0 Å². The Morgan fingerprint density at radius 2 is 1.68 bits per heavy atom. The van der Waals surface area contributed by atoms with Crippen molar-refractivity contribution in [3.63, 3.8) is 0 Å². The summed E-state index contributed by atoms with van der Waals surface area (Å²) >= 11 is 0. The number of hydrogen-bond donors (Lipinski definition) is 4. The Hall–Kier alpha value is -6.29. The van der Waals surface area contributed by atoms with E-state index in [0.717, 1.165) is 17.2 Å². The predicted molar refractivity (Wildman–Crippen MR) is 208 cm³/mol. The van der Waals surface area contributed by atoms with Gasteiger partial charge in [0.25, 0.3) is 11.5 Å². The number of phosphoric ester groups is 1. The summed E-state index contributed by atoms with van der Waals surface area (Å²) in [6.45, 7) is 10.1. The molecule has 9 atom stereocenters. The molecular formula is C36H38F2N11O12P. The van der Waals surface area contributed by atoms with Gasteiger partial charge in [0, 0.05) is 11.5 Å². The monoisotopic (exact) mass is 885 g/mol. The quantitative estimate of drug-likeness (QED) is 0.0468. The van der Waals surface area contributed by atoms with Crippen LogP contribution in [-0.2, 0) is 37.1 Å². The van der Waals surface area contributed by atoms with Crippen molar-refractivity contribution in [3.05, 3.63) is 76.6 Å². The summed E-state index contributed by atoms with van der Waals surface area (Å²) in [5.74, 6) is -1.73. The van der Waals surface area contributed by atoms with Crippen LogP contribution in [0.25, 0.3) is 27.2 Å². The lowest BCUT2D eigenvalue weighted by Crippen LogP contribution is -2.34. The van der Waals surface area contributed by atoms with Crippen LogP contribution in [0.3, 0.4) is 0 Å². The van der Waals surface area contributed by atoms with Crippen molar-refractivity contribution in [2.24, 2.45) is 5.92 Å². The number of benzene rings is 1. The minimum Gasteiger partial charge on any atom is -0.450 e. The van der Waals surface area contributed by atoms with E-state index in [4.69, 9.17) is 34.4 Å². The van der Waals surface area contributed by atoms with Crippen LogP contribution in [0, 0.1) is 12.5 Å². The molecule has 2 saturated heterocycles. The zero-order valence-corrected chi connectivity index (χ0v) is 33.8. The van der Waals surface area contributed by atoms with Gasteiger partial charge >= 0.3 is 14.0 Å². The lowest BCUT2D eigenvalue weighted by Gasteiger charge is -2.25. The molecule has 328 valence electrons. The summed E-state index contributed by atoms with van der Waals surface area (Å²) in [7, 11) is -4.95. The average molecular weight is 886 g/mol. The van der Waals surface area contributed by atoms with Crippen LogP contribution >= 0.6 is 7.82 Å². The number of carbonyl (C=O) groups is 3. The zero-order chi connectivity index (χ0) is 44.3. The summed E-state index contributed by atoms with van der Waals surface area (Å²) in [4.78, 5) is 76.0. The summed E-state index contributed by atoms with van der Waals surface area (Å²) in [6.07, 6.45) is -12.5. The van der Waals surface area contributed by atoms with E-state index in [0.29, 0.717) is 5.56 Å². The van der Waals surface area contributed by atoms with Gasteiger partial charge in [-0.05, 0) is 18.6 Å². The van der Waals surface area contributed by atoms with Crippen molar-refractivity contribution in [3.8, 4) is 0 Å². The van der Waals surface area contributed by atoms with Crippen molar-refractivity contribution < 1.29 is 60.6 Å². The molecule has 2 aliphatic rings. The number of halogens is 2. The summed E-state index contributed by atoms with van der Waals surface area (Å²) in [5.41, 5.74) is -0.802. The van der Waals surface area contributed by atoms with Crippen LogP contribution < -0.4 is 16.2 Å². The first kappa shape index (κ1) is 43.8. The fourth-order valence-corrected chi connectivity index (χ4v) is 7.99. The third kappa shape index (κ3) is 9.01. The van der Waals surface area contributed by atoms with Crippen LogP contribution in [0.5, 0.6) is 0 Å². The largest absolute Gasteiger partial charge is 0.506 e. The molecular weight excluding hydrogens is 847 g/mol. The number of rotatable bonds is 16. The molecule has 5 aromatic rings. The number of carboxylic acid groups (broad SMARTS) is 1. The maximum atomic E-state index is 16.6. The fourth-order valence-electron chi connectivity index (χ4n) is 6.61. The van der Waals surface area contributed by atoms with Crippen molar-refractivity contribution in [1.29, 1.82) is 0 Å². The first-order valence-corrected chi connectivity index (χ1v) is 20.4. The first-order valence-electron chi connectivity index (χ1n) is 18.9. The summed E-state index contributed by atoms with van der Waals surface area (Å²) in [6, 6.07) is 8.31. The molecule has 4 N–H and O–H groups in total. The van der Waals surface area contributed by atoms with Gasteiger partial charge in [-0.3, -0.25) is 47.4 Å². The number of aromatic amines is 1. The van der Waals surface area contributed by atoms with Gasteiger partial charge in [0.05, 0.1) is 25.4 Å². The topological polar surface area (TPSA) is 279 Å². The van der Waals surface area contributed by atoms with E-state index in [-0.39, 0.29) is 47.1 Å². The lowest BCUT2D eigenvalue weighted by molar-refractivity contribution is -0.118. The normalized spacial score (nSPS) is 24.5. The molecule has 2 fully saturated rings. The Morgan fingerprint density at radius 3 is 2.37 bits per heavy atom. The highest BCUT2D eigenvalue weighted by Gasteiger charge is 2.53. The Kier molecular flexibility index (Phi) is 13.0. The molecule has 0 radical (unpaired) electrons. The van der Waals surface area contributed by atoms with Crippen LogP contribution in [0.1, 0.15) is 50.0 Å². The fraction of sp³-hybridized carbons (Fsp3) is 0.444. The van der Waals surface area contributed by atoms with E-state index >= 15 is 8.78 Å². The second kappa shape index (κ2) is 18.4. The number of fused-ring (bicyclic) bond motifs is 2. The first-order chi connectivity index (χ1) is 29.7. The molecule has 0 spiro atoms. The molecule has 26 heteroatoms. The average Bonchev–Trinajstić information content (AvgIpc) is 4.02. The van der Waals surface area contributed by atoms with E-state index < -0.39 is 99.7 Å². The number of amides is 2. The van der Waals surface area contributed by atoms with E-state index in [2.05, 4.69) is 45.4 Å². The lowest BCUT2D eigenvalue weighted by atomic mass is 10.1.